The Balaban J connectivity index is 2.27. The zero-order chi connectivity index (χ0) is 28.7. The molecule has 1 atom stereocenters. The number of hydrogen-bond donors (Lipinski definition) is 1. The number of hydrogen-bond acceptors (Lipinski definition) is 5. The zero-order valence-electron chi connectivity index (χ0n) is 22.8. The zero-order valence-corrected chi connectivity index (χ0v) is 25.1. The van der Waals surface area contributed by atoms with Crippen molar-refractivity contribution in [3.05, 3.63) is 58.1 Å². The molecule has 0 spiro atoms. The van der Waals surface area contributed by atoms with E-state index in [2.05, 4.69) is 5.32 Å². The van der Waals surface area contributed by atoms with E-state index < -0.39 is 21.6 Å². The molecule has 210 valence electrons. The standard InChI is InChI=1S/C27H37Cl2N3O5S/c1-7-24(26(34)30-27(2,3)4)31(18-19-10-11-20(28)17-23(19)29)25(33)9-8-16-32(38(6,35)36)21-12-14-22(37-5)15-13-21/h10-15,17,24H,7-9,16,18H2,1-6H3,(H,30,34)/t24-/m0/s1. The van der Waals surface area contributed by atoms with Crippen LogP contribution in [0.3, 0.4) is 0 Å². The van der Waals surface area contributed by atoms with E-state index in [0.717, 1.165) is 6.26 Å². The highest BCUT2D eigenvalue weighted by Crippen LogP contribution is 2.25. The summed E-state index contributed by atoms with van der Waals surface area (Å²) in [6.45, 7) is 7.67. The topological polar surface area (TPSA) is 96.0 Å². The predicted molar refractivity (Wildman–Crippen MR) is 153 cm³/mol. The molecular formula is C27H37Cl2N3O5S. The second-order valence-electron chi connectivity index (χ2n) is 10.1. The van der Waals surface area contributed by atoms with Crippen LogP contribution in [0.2, 0.25) is 10.0 Å². The van der Waals surface area contributed by atoms with Crippen LogP contribution in [-0.4, -0.2) is 56.6 Å². The van der Waals surface area contributed by atoms with E-state index in [9.17, 15) is 18.0 Å². The number of halogens is 2. The van der Waals surface area contributed by atoms with Crippen LogP contribution in [0.4, 0.5) is 5.69 Å². The van der Waals surface area contributed by atoms with E-state index in [1.807, 2.05) is 27.7 Å². The second kappa shape index (κ2) is 13.5. The molecule has 11 heteroatoms. The molecule has 2 aromatic rings. The fourth-order valence-electron chi connectivity index (χ4n) is 3.96. The van der Waals surface area contributed by atoms with Gasteiger partial charge < -0.3 is 15.0 Å². The third-order valence-electron chi connectivity index (χ3n) is 5.75. The fourth-order valence-corrected chi connectivity index (χ4v) is 5.39. The molecule has 0 heterocycles. The number of carbonyl (C=O) groups is 2. The number of nitrogens with one attached hydrogen (secondary N) is 1. The molecule has 8 nitrogen and oxygen atoms in total. The second-order valence-corrected chi connectivity index (χ2v) is 12.8. The van der Waals surface area contributed by atoms with Crippen LogP contribution < -0.4 is 14.4 Å². The van der Waals surface area contributed by atoms with Crippen molar-refractivity contribution in [3.8, 4) is 5.75 Å². The lowest BCUT2D eigenvalue weighted by atomic mass is 10.0. The quantitative estimate of drug-likeness (QED) is 0.366. The first-order valence-electron chi connectivity index (χ1n) is 12.3. The molecule has 0 aliphatic rings. The van der Waals surface area contributed by atoms with Crippen molar-refractivity contribution in [1.82, 2.24) is 10.2 Å². The minimum Gasteiger partial charge on any atom is -0.497 e. The van der Waals surface area contributed by atoms with Gasteiger partial charge >= 0.3 is 0 Å². The maximum absolute atomic E-state index is 13.5. The van der Waals surface area contributed by atoms with E-state index in [4.69, 9.17) is 27.9 Å². The number of anilines is 1. The lowest BCUT2D eigenvalue weighted by Gasteiger charge is -2.33. The first kappa shape index (κ1) is 31.7. The number of nitrogens with zero attached hydrogens (tertiary/aromatic N) is 2. The summed E-state index contributed by atoms with van der Waals surface area (Å²) in [5, 5.41) is 3.81. The van der Waals surface area contributed by atoms with Gasteiger partial charge in [0.2, 0.25) is 21.8 Å². The van der Waals surface area contributed by atoms with Crippen LogP contribution in [0.15, 0.2) is 42.5 Å². The highest BCUT2D eigenvalue weighted by Gasteiger charge is 2.31. The van der Waals surface area contributed by atoms with Crippen LogP contribution >= 0.6 is 23.2 Å². The summed E-state index contributed by atoms with van der Waals surface area (Å²) in [5.74, 6) is 0.0533. The fraction of sp³-hybridized carbons (Fsp3) is 0.481. The molecule has 0 saturated heterocycles. The summed E-state index contributed by atoms with van der Waals surface area (Å²) in [4.78, 5) is 28.2. The van der Waals surface area contributed by atoms with Crippen LogP contribution in [0.5, 0.6) is 5.75 Å². The van der Waals surface area contributed by atoms with E-state index in [1.54, 1.807) is 42.5 Å². The third kappa shape index (κ3) is 9.36. The van der Waals surface area contributed by atoms with E-state index in [1.165, 1.54) is 16.3 Å². The molecule has 0 radical (unpaired) electrons. The van der Waals surface area contributed by atoms with Crippen molar-refractivity contribution in [2.24, 2.45) is 0 Å². The van der Waals surface area contributed by atoms with Gasteiger partial charge in [-0.3, -0.25) is 13.9 Å². The normalized spacial score (nSPS) is 12.5. The average Bonchev–Trinajstić information content (AvgIpc) is 2.81. The van der Waals surface area contributed by atoms with Crippen LogP contribution in [0.1, 0.15) is 52.5 Å². The SMILES string of the molecule is CC[C@@H](C(=O)NC(C)(C)C)N(Cc1ccc(Cl)cc1Cl)C(=O)CCCN(c1ccc(OC)cc1)S(C)(=O)=O. The summed E-state index contributed by atoms with van der Waals surface area (Å²) in [5.41, 5.74) is 0.648. The number of amides is 2. The summed E-state index contributed by atoms with van der Waals surface area (Å²) in [6, 6.07) is 10.9. The Bertz CT molecular complexity index is 1210. The number of benzene rings is 2. The number of rotatable bonds is 12. The summed E-state index contributed by atoms with van der Waals surface area (Å²) in [6.07, 6.45) is 1.80. The molecule has 0 aromatic heterocycles. The Morgan fingerprint density at radius 1 is 1.08 bits per heavy atom. The monoisotopic (exact) mass is 585 g/mol. The molecular weight excluding hydrogens is 549 g/mol. The maximum Gasteiger partial charge on any atom is 0.243 e. The molecule has 0 fully saturated rings. The van der Waals surface area contributed by atoms with Crippen molar-refractivity contribution >= 4 is 50.7 Å². The van der Waals surface area contributed by atoms with E-state index in [0.29, 0.717) is 33.5 Å². The molecule has 0 aliphatic heterocycles. The van der Waals surface area contributed by atoms with Gasteiger partial charge in [-0.15, -0.1) is 0 Å². The van der Waals surface area contributed by atoms with Crippen LogP contribution in [0.25, 0.3) is 0 Å². The van der Waals surface area contributed by atoms with Crippen molar-refractivity contribution in [2.45, 2.75) is 65.1 Å². The predicted octanol–water partition coefficient (Wildman–Crippen LogP) is 5.27. The molecule has 0 aliphatic carbocycles. The van der Waals surface area contributed by atoms with Crippen LogP contribution in [-0.2, 0) is 26.2 Å². The highest BCUT2D eigenvalue weighted by molar-refractivity contribution is 7.92. The van der Waals surface area contributed by atoms with E-state index >= 15 is 0 Å². The largest absolute Gasteiger partial charge is 0.497 e. The van der Waals surface area contributed by atoms with Gasteiger partial charge in [0, 0.05) is 35.1 Å². The highest BCUT2D eigenvalue weighted by atomic mass is 35.5. The lowest BCUT2D eigenvalue weighted by Crippen LogP contribution is -2.53. The number of carbonyl (C=O) groups excluding carboxylic acids is 2. The minimum absolute atomic E-state index is 0.0344. The molecule has 2 rings (SSSR count). The minimum atomic E-state index is -3.60. The average molecular weight is 587 g/mol. The smallest absolute Gasteiger partial charge is 0.243 e. The van der Waals surface area contributed by atoms with Gasteiger partial charge in [-0.1, -0.05) is 36.2 Å². The van der Waals surface area contributed by atoms with Crippen molar-refractivity contribution < 1.29 is 22.7 Å². The Morgan fingerprint density at radius 3 is 2.21 bits per heavy atom. The van der Waals surface area contributed by atoms with Gasteiger partial charge in [0.05, 0.1) is 19.1 Å². The summed E-state index contributed by atoms with van der Waals surface area (Å²) in [7, 11) is -2.06. The summed E-state index contributed by atoms with van der Waals surface area (Å²) >= 11 is 12.4. The first-order chi connectivity index (χ1) is 17.7. The van der Waals surface area contributed by atoms with Crippen molar-refractivity contribution in [2.75, 3.05) is 24.2 Å². The van der Waals surface area contributed by atoms with Gasteiger partial charge in [-0.25, -0.2) is 8.42 Å². The molecule has 2 aromatic carbocycles. The molecule has 0 bridgehead atoms. The van der Waals surface area contributed by atoms with E-state index in [-0.39, 0.29) is 37.7 Å². The van der Waals surface area contributed by atoms with Crippen molar-refractivity contribution in [3.63, 3.8) is 0 Å². The van der Waals surface area contributed by atoms with Gasteiger partial charge in [0.1, 0.15) is 11.8 Å². The lowest BCUT2D eigenvalue weighted by molar-refractivity contribution is -0.142. The Hall–Kier alpha value is -2.49. The number of sulfonamides is 1. The molecule has 0 unspecified atom stereocenters. The first-order valence-corrected chi connectivity index (χ1v) is 14.9. The Kier molecular flexibility index (Phi) is 11.3. The van der Waals surface area contributed by atoms with Crippen molar-refractivity contribution in [1.29, 1.82) is 0 Å². The van der Waals surface area contributed by atoms with Crippen LogP contribution in [0, 0.1) is 0 Å². The Labute approximate surface area is 236 Å². The van der Waals surface area contributed by atoms with Gasteiger partial charge in [-0.2, -0.15) is 0 Å². The summed E-state index contributed by atoms with van der Waals surface area (Å²) < 4.78 is 31.4. The molecule has 38 heavy (non-hydrogen) atoms. The maximum atomic E-state index is 13.5. The molecule has 2 amide bonds. The van der Waals surface area contributed by atoms with Gasteiger partial charge in [0.15, 0.2) is 0 Å². The third-order valence-corrected chi connectivity index (χ3v) is 7.53. The molecule has 0 saturated carbocycles. The number of methoxy groups -OCH3 is 1. The van der Waals surface area contributed by atoms with Gasteiger partial charge in [-0.05, 0) is 75.6 Å². The van der Waals surface area contributed by atoms with Gasteiger partial charge in [0.25, 0.3) is 0 Å². The number of ether oxygens (including phenoxy) is 1. The molecule has 1 N–H and O–H groups in total. The Morgan fingerprint density at radius 2 is 1.71 bits per heavy atom.